The summed E-state index contributed by atoms with van der Waals surface area (Å²) in [6, 6.07) is 1.97. The summed E-state index contributed by atoms with van der Waals surface area (Å²) in [4.78, 5) is 2.77. The van der Waals surface area contributed by atoms with Crippen LogP contribution >= 0.6 is 0 Å². The summed E-state index contributed by atoms with van der Waals surface area (Å²) < 4.78 is 0. The molecule has 11 heavy (non-hydrogen) atoms. The van der Waals surface area contributed by atoms with Crippen LogP contribution in [0.3, 0.4) is 0 Å². The zero-order chi connectivity index (χ0) is 7.68. The highest BCUT2D eigenvalue weighted by molar-refractivity contribution is 4.91. The van der Waals surface area contributed by atoms with Crippen molar-refractivity contribution in [3.63, 3.8) is 0 Å². The Labute approximate surface area is 69.8 Å². The molecule has 1 unspecified atom stereocenters. The second-order valence-corrected chi connectivity index (χ2v) is 4.05. The Balaban J connectivity index is 1.85. The van der Waals surface area contributed by atoms with Gasteiger partial charge in [-0.2, -0.15) is 0 Å². The van der Waals surface area contributed by atoms with E-state index in [1.54, 1.807) is 0 Å². The molecule has 1 heteroatoms. The van der Waals surface area contributed by atoms with Crippen molar-refractivity contribution in [2.75, 3.05) is 6.54 Å². The van der Waals surface area contributed by atoms with Crippen molar-refractivity contribution in [1.29, 1.82) is 0 Å². The van der Waals surface area contributed by atoms with E-state index in [9.17, 15) is 0 Å². The molecule has 64 valence electrons. The number of hydrogen-bond acceptors (Lipinski definition) is 1. The fraction of sp³-hybridized carbons (Fsp3) is 1.00. The third-order valence-corrected chi connectivity index (χ3v) is 3.06. The molecule has 0 radical (unpaired) electrons. The summed E-state index contributed by atoms with van der Waals surface area (Å²) in [6.07, 6.45) is 8.72. The van der Waals surface area contributed by atoms with E-state index < -0.39 is 0 Å². The predicted octanol–water partition coefficient (Wildman–Crippen LogP) is 2.41. The van der Waals surface area contributed by atoms with Gasteiger partial charge in [-0.25, -0.2) is 0 Å². The van der Waals surface area contributed by atoms with Crippen LogP contribution in [0.4, 0.5) is 0 Å². The van der Waals surface area contributed by atoms with Gasteiger partial charge in [0.15, 0.2) is 0 Å². The Hall–Kier alpha value is -0.0400. The fourth-order valence-corrected chi connectivity index (χ4v) is 2.39. The van der Waals surface area contributed by atoms with Crippen molar-refractivity contribution in [1.82, 2.24) is 4.90 Å². The molecular weight excluding hydrogens is 134 g/mol. The minimum atomic E-state index is 0.965. The first-order valence-corrected chi connectivity index (χ1v) is 5.17. The van der Waals surface area contributed by atoms with Crippen molar-refractivity contribution < 1.29 is 0 Å². The standard InChI is InChI=1S/C10H19N/c1-2-4-9-5-3-8-11(9)10-6-7-10/h9-10H,2-8H2,1H3. The van der Waals surface area contributed by atoms with Crippen molar-refractivity contribution in [2.45, 2.75) is 57.5 Å². The third kappa shape index (κ3) is 1.58. The fourth-order valence-electron chi connectivity index (χ4n) is 2.39. The van der Waals surface area contributed by atoms with E-state index in [1.165, 1.54) is 45.1 Å². The van der Waals surface area contributed by atoms with Crippen LogP contribution in [0.2, 0.25) is 0 Å². The topological polar surface area (TPSA) is 3.24 Å². The highest BCUT2D eigenvalue weighted by atomic mass is 15.2. The molecule has 2 aliphatic rings. The first-order valence-electron chi connectivity index (χ1n) is 5.17. The van der Waals surface area contributed by atoms with Crippen molar-refractivity contribution in [3.8, 4) is 0 Å². The molecule has 0 aromatic rings. The van der Waals surface area contributed by atoms with Gasteiger partial charge < -0.3 is 0 Å². The summed E-state index contributed by atoms with van der Waals surface area (Å²) >= 11 is 0. The summed E-state index contributed by atoms with van der Waals surface area (Å²) in [7, 11) is 0. The molecule has 0 bridgehead atoms. The zero-order valence-electron chi connectivity index (χ0n) is 7.55. The third-order valence-electron chi connectivity index (χ3n) is 3.06. The molecule has 1 atom stereocenters. The number of likely N-dealkylation sites (tertiary alicyclic amines) is 1. The molecule has 0 aromatic heterocycles. The van der Waals surface area contributed by atoms with Gasteiger partial charge in [0.2, 0.25) is 0 Å². The number of nitrogens with zero attached hydrogens (tertiary/aromatic N) is 1. The highest BCUT2D eigenvalue weighted by Crippen LogP contribution is 2.34. The SMILES string of the molecule is CCCC1CCCN1C1CC1. The first kappa shape index (κ1) is 7.60. The van der Waals surface area contributed by atoms with Gasteiger partial charge in [0.25, 0.3) is 0 Å². The zero-order valence-corrected chi connectivity index (χ0v) is 7.55. The van der Waals surface area contributed by atoms with E-state index in [1.807, 2.05) is 0 Å². The lowest BCUT2D eigenvalue weighted by Crippen LogP contribution is -2.31. The van der Waals surface area contributed by atoms with Gasteiger partial charge in [0.1, 0.15) is 0 Å². The Bertz CT molecular complexity index is 129. The molecule has 0 spiro atoms. The van der Waals surface area contributed by atoms with Crippen LogP contribution < -0.4 is 0 Å². The van der Waals surface area contributed by atoms with Crippen molar-refractivity contribution >= 4 is 0 Å². The molecular formula is C10H19N. The molecule has 0 amide bonds. The molecule has 1 saturated carbocycles. The second kappa shape index (κ2) is 3.14. The molecule has 0 aromatic carbocycles. The predicted molar refractivity (Wildman–Crippen MR) is 47.7 cm³/mol. The Morgan fingerprint density at radius 1 is 1.27 bits per heavy atom. The van der Waals surface area contributed by atoms with Gasteiger partial charge in [-0.3, -0.25) is 4.90 Å². The lowest BCUT2D eigenvalue weighted by molar-refractivity contribution is 0.232. The Morgan fingerprint density at radius 2 is 2.09 bits per heavy atom. The van der Waals surface area contributed by atoms with Crippen molar-refractivity contribution in [3.05, 3.63) is 0 Å². The second-order valence-electron chi connectivity index (χ2n) is 4.05. The normalized spacial score (nSPS) is 33.0. The average molecular weight is 153 g/mol. The smallest absolute Gasteiger partial charge is 0.00993 e. The summed E-state index contributed by atoms with van der Waals surface area (Å²) in [5, 5.41) is 0. The molecule has 2 rings (SSSR count). The van der Waals surface area contributed by atoms with Crippen LogP contribution in [0.15, 0.2) is 0 Å². The van der Waals surface area contributed by atoms with Crippen LogP contribution in [0, 0.1) is 0 Å². The first-order chi connectivity index (χ1) is 5.42. The highest BCUT2D eigenvalue weighted by Gasteiger charge is 2.35. The van der Waals surface area contributed by atoms with Crippen LogP contribution in [-0.2, 0) is 0 Å². The van der Waals surface area contributed by atoms with Gasteiger partial charge in [0.05, 0.1) is 0 Å². The van der Waals surface area contributed by atoms with E-state index in [2.05, 4.69) is 11.8 Å². The van der Waals surface area contributed by atoms with Crippen LogP contribution in [-0.4, -0.2) is 23.5 Å². The van der Waals surface area contributed by atoms with E-state index in [0.29, 0.717) is 0 Å². The quantitative estimate of drug-likeness (QED) is 0.602. The van der Waals surface area contributed by atoms with Gasteiger partial charge >= 0.3 is 0 Å². The average Bonchev–Trinajstić information content (AvgIpc) is 2.75. The number of rotatable bonds is 3. The van der Waals surface area contributed by atoms with Crippen LogP contribution in [0.5, 0.6) is 0 Å². The van der Waals surface area contributed by atoms with E-state index in [-0.39, 0.29) is 0 Å². The molecule has 1 nitrogen and oxygen atoms in total. The maximum absolute atomic E-state index is 2.77. The molecule has 1 heterocycles. The Kier molecular flexibility index (Phi) is 2.17. The Morgan fingerprint density at radius 3 is 2.73 bits per heavy atom. The minimum absolute atomic E-state index is 0.965. The molecule has 0 N–H and O–H groups in total. The molecule has 2 fully saturated rings. The maximum atomic E-state index is 2.77. The maximum Gasteiger partial charge on any atom is 0.00993 e. The summed E-state index contributed by atoms with van der Waals surface area (Å²) in [5.41, 5.74) is 0. The van der Waals surface area contributed by atoms with Gasteiger partial charge in [0, 0.05) is 12.1 Å². The largest absolute Gasteiger partial charge is 0.297 e. The minimum Gasteiger partial charge on any atom is -0.297 e. The van der Waals surface area contributed by atoms with Gasteiger partial charge in [-0.05, 0) is 38.6 Å². The molecule has 1 aliphatic carbocycles. The summed E-state index contributed by atoms with van der Waals surface area (Å²) in [6.45, 7) is 3.71. The van der Waals surface area contributed by atoms with Gasteiger partial charge in [-0.15, -0.1) is 0 Å². The van der Waals surface area contributed by atoms with E-state index in [4.69, 9.17) is 0 Å². The lowest BCUT2D eigenvalue weighted by atomic mass is 10.1. The number of hydrogen-bond donors (Lipinski definition) is 0. The van der Waals surface area contributed by atoms with Gasteiger partial charge in [-0.1, -0.05) is 13.3 Å². The van der Waals surface area contributed by atoms with E-state index in [0.717, 1.165) is 12.1 Å². The lowest BCUT2D eigenvalue weighted by Gasteiger charge is -2.23. The van der Waals surface area contributed by atoms with E-state index >= 15 is 0 Å². The van der Waals surface area contributed by atoms with Crippen LogP contribution in [0.1, 0.15) is 45.4 Å². The molecule has 1 saturated heterocycles. The van der Waals surface area contributed by atoms with Crippen LogP contribution in [0.25, 0.3) is 0 Å². The molecule has 1 aliphatic heterocycles. The summed E-state index contributed by atoms with van der Waals surface area (Å²) in [5.74, 6) is 0. The van der Waals surface area contributed by atoms with Crippen molar-refractivity contribution in [2.24, 2.45) is 0 Å². The monoisotopic (exact) mass is 153 g/mol.